The number of halogens is 3. The lowest BCUT2D eigenvalue weighted by Crippen LogP contribution is -2.39. The minimum absolute atomic E-state index is 0.0602. The summed E-state index contributed by atoms with van der Waals surface area (Å²) < 4.78 is 42.6. The molecule has 2 heterocycles. The minimum Gasteiger partial charge on any atom is -0.267 e. The maximum absolute atomic E-state index is 14.1. The molecule has 2 aliphatic rings. The van der Waals surface area contributed by atoms with Gasteiger partial charge in [0.15, 0.2) is 29.0 Å². The average Bonchev–Trinajstić information content (AvgIpc) is 2.69. The number of aryl methyl sites for hydroxylation is 1. The van der Waals surface area contributed by atoms with Crippen molar-refractivity contribution in [1.82, 2.24) is 24.3 Å². The maximum Gasteiger partial charge on any atom is 0.352 e. The maximum atomic E-state index is 14.1. The highest BCUT2D eigenvalue weighted by atomic mass is 19.2. The van der Waals surface area contributed by atoms with Gasteiger partial charge in [0, 0.05) is 7.05 Å². The van der Waals surface area contributed by atoms with Crippen LogP contribution in [-0.2, 0) is 13.6 Å². The lowest BCUT2D eigenvalue weighted by molar-refractivity contribution is 0.506. The molecule has 0 radical (unpaired) electrons. The fourth-order valence-electron chi connectivity index (χ4n) is 2.87. The van der Waals surface area contributed by atoms with E-state index in [1.807, 2.05) is 0 Å². The van der Waals surface area contributed by atoms with Crippen molar-refractivity contribution >= 4 is 0 Å². The summed E-state index contributed by atoms with van der Waals surface area (Å²) in [5.74, 6) is -2.87. The van der Waals surface area contributed by atoms with Crippen molar-refractivity contribution < 1.29 is 13.2 Å². The first-order valence-corrected chi connectivity index (χ1v) is 8.40. The minimum atomic E-state index is -1.10. The highest BCUT2D eigenvalue weighted by Gasteiger charge is 2.22. The zero-order valence-electron chi connectivity index (χ0n) is 14.9. The van der Waals surface area contributed by atoms with E-state index < -0.39 is 28.7 Å². The normalized spacial score (nSPS) is 11.2. The Morgan fingerprint density at radius 1 is 0.931 bits per heavy atom. The van der Waals surface area contributed by atoms with Crippen molar-refractivity contribution in [3.05, 3.63) is 86.3 Å². The Hall–Kier alpha value is -3.82. The molecule has 0 aliphatic carbocycles. The molecule has 0 N–H and O–H groups in total. The molecule has 10 heteroatoms. The van der Waals surface area contributed by atoms with E-state index in [-0.39, 0.29) is 35.0 Å². The highest BCUT2D eigenvalue weighted by molar-refractivity contribution is 5.59. The molecule has 0 unspecified atom stereocenters. The Kier molecular flexibility index (Phi) is 4.45. The van der Waals surface area contributed by atoms with Gasteiger partial charge in [0.05, 0.1) is 12.1 Å². The van der Waals surface area contributed by atoms with Gasteiger partial charge in [-0.1, -0.05) is 18.2 Å². The van der Waals surface area contributed by atoms with Crippen LogP contribution in [0.15, 0.2) is 52.1 Å². The number of hydrogen-bond acceptors (Lipinski definition) is 5. The molecule has 0 aromatic heterocycles. The van der Waals surface area contributed by atoms with Gasteiger partial charge in [0.2, 0.25) is 0 Å². The van der Waals surface area contributed by atoms with Crippen LogP contribution in [-0.4, -0.2) is 24.3 Å². The molecule has 0 fully saturated rings. The monoisotopic (exact) mass is 399 g/mol. The van der Waals surface area contributed by atoms with Crippen LogP contribution in [0.4, 0.5) is 13.2 Å². The topological polar surface area (TPSA) is 82.7 Å². The molecule has 0 amide bonds. The lowest BCUT2D eigenvalue weighted by Gasteiger charge is -2.13. The average molecular weight is 399 g/mol. The molecule has 4 rings (SSSR count). The van der Waals surface area contributed by atoms with Gasteiger partial charge in [-0.05, 0) is 29.8 Å². The second-order valence-electron chi connectivity index (χ2n) is 6.25. The third kappa shape index (κ3) is 3.28. The molecule has 2 aromatic carbocycles. The first kappa shape index (κ1) is 18.5. The third-order valence-corrected chi connectivity index (χ3v) is 4.30. The number of benzene rings is 2. The Labute approximate surface area is 161 Å². The molecule has 0 bridgehead atoms. The molecular formula is C19H12F3N5O2. The van der Waals surface area contributed by atoms with Gasteiger partial charge >= 0.3 is 5.69 Å². The summed E-state index contributed by atoms with van der Waals surface area (Å²) in [6.07, 6.45) is 0. The predicted octanol–water partition coefficient (Wildman–Crippen LogP) is 1.97. The lowest BCUT2D eigenvalue weighted by atomic mass is 10.2. The summed E-state index contributed by atoms with van der Waals surface area (Å²) in [7, 11) is 1.44. The van der Waals surface area contributed by atoms with Crippen LogP contribution in [0.5, 0.6) is 0 Å². The van der Waals surface area contributed by atoms with Gasteiger partial charge < -0.3 is 0 Å². The van der Waals surface area contributed by atoms with Crippen LogP contribution in [0.25, 0.3) is 22.9 Å². The van der Waals surface area contributed by atoms with Crippen LogP contribution in [0.1, 0.15) is 5.56 Å². The van der Waals surface area contributed by atoms with Crippen molar-refractivity contribution in [1.29, 1.82) is 0 Å². The van der Waals surface area contributed by atoms with E-state index >= 15 is 0 Å². The van der Waals surface area contributed by atoms with E-state index in [0.29, 0.717) is 0 Å². The number of nitrogens with zero attached hydrogens (tertiary/aromatic N) is 5. The number of aromatic nitrogens is 5. The van der Waals surface area contributed by atoms with Gasteiger partial charge in [-0.15, -0.1) is 0 Å². The second kappa shape index (κ2) is 6.97. The van der Waals surface area contributed by atoms with E-state index in [0.717, 1.165) is 21.4 Å². The molecular weight excluding hydrogens is 387 g/mol. The van der Waals surface area contributed by atoms with Crippen LogP contribution in [0.3, 0.4) is 0 Å². The van der Waals surface area contributed by atoms with Crippen molar-refractivity contribution in [3.63, 3.8) is 0 Å². The van der Waals surface area contributed by atoms with Crippen molar-refractivity contribution in [2.75, 3.05) is 0 Å². The van der Waals surface area contributed by atoms with E-state index in [1.54, 1.807) is 6.07 Å². The van der Waals surface area contributed by atoms with Crippen LogP contribution in [0, 0.1) is 17.5 Å². The number of hydrogen-bond donors (Lipinski definition) is 0. The van der Waals surface area contributed by atoms with Crippen molar-refractivity contribution in [2.24, 2.45) is 7.05 Å². The third-order valence-electron chi connectivity index (χ3n) is 4.30. The number of fused-ring (bicyclic) bond motifs is 1. The fourth-order valence-corrected chi connectivity index (χ4v) is 2.87. The predicted molar refractivity (Wildman–Crippen MR) is 96.8 cm³/mol. The van der Waals surface area contributed by atoms with Gasteiger partial charge in [-0.25, -0.2) is 27.6 Å². The van der Waals surface area contributed by atoms with Gasteiger partial charge in [0.25, 0.3) is 5.56 Å². The summed E-state index contributed by atoms with van der Waals surface area (Å²) in [6.45, 7) is -0.333. The Balaban J connectivity index is 1.90. The molecule has 0 saturated heterocycles. The Bertz CT molecular complexity index is 1330. The van der Waals surface area contributed by atoms with Gasteiger partial charge in [-0.3, -0.25) is 9.36 Å². The highest BCUT2D eigenvalue weighted by Crippen LogP contribution is 2.21. The summed E-state index contributed by atoms with van der Waals surface area (Å²) in [4.78, 5) is 33.1. The quantitative estimate of drug-likeness (QED) is 0.526. The molecule has 0 atom stereocenters. The first-order valence-electron chi connectivity index (χ1n) is 8.40. The van der Waals surface area contributed by atoms with Gasteiger partial charge in [0.1, 0.15) is 5.82 Å². The molecule has 2 aromatic rings. The van der Waals surface area contributed by atoms with Crippen LogP contribution in [0.2, 0.25) is 0 Å². The molecule has 7 nitrogen and oxygen atoms in total. The second-order valence-corrected chi connectivity index (χ2v) is 6.25. The standard InChI is InChI=1S/C19H12F3N5O2/c1-26-17-15(23-16(25-26)11-4-2-3-5-12(11)20)18(28)27(19(29)24-17)9-10-6-7-13(21)14(22)8-10/h2-8H,9H2,1H3. The van der Waals surface area contributed by atoms with Crippen molar-refractivity contribution in [2.45, 2.75) is 6.54 Å². The van der Waals surface area contributed by atoms with E-state index in [1.165, 1.54) is 31.3 Å². The summed E-state index contributed by atoms with van der Waals surface area (Å²) in [5.41, 5.74) is -1.65. The van der Waals surface area contributed by atoms with Crippen LogP contribution >= 0.6 is 0 Å². The van der Waals surface area contributed by atoms with Gasteiger partial charge in [-0.2, -0.15) is 10.1 Å². The zero-order valence-corrected chi connectivity index (χ0v) is 14.9. The summed E-state index contributed by atoms with van der Waals surface area (Å²) >= 11 is 0. The zero-order chi connectivity index (χ0) is 20.7. The van der Waals surface area contributed by atoms with Crippen molar-refractivity contribution in [3.8, 4) is 22.9 Å². The first-order chi connectivity index (χ1) is 13.8. The molecule has 29 heavy (non-hydrogen) atoms. The van der Waals surface area contributed by atoms with Crippen LogP contribution < -0.4 is 11.2 Å². The molecule has 2 aliphatic heterocycles. The smallest absolute Gasteiger partial charge is 0.267 e. The Morgan fingerprint density at radius 2 is 1.69 bits per heavy atom. The summed E-state index contributed by atoms with van der Waals surface area (Å²) in [6, 6.07) is 8.80. The van der Waals surface area contributed by atoms with E-state index in [9.17, 15) is 22.8 Å². The molecule has 0 spiro atoms. The molecule has 146 valence electrons. The Morgan fingerprint density at radius 3 is 2.41 bits per heavy atom. The molecule has 0 saturated carbocycles. The SMILES string of the molecule is Cn1nc(-c2ccccc2F)nc2c(=O)n(Cc3ccc(F)c(F)c3)c(=O)nc1-2. The van der Waals surface area contributed by atoms with E-state index in [4.69, 9.17) is 0 Å². The van der Waals surface area contributed by atoms with E-state index in [2.05, 4.69) is 15.1 Å². The number of rotatable bonds is 3. The summed E-state index contributed by atoms with van der Waals surface area (Å²) in [5, 5.41) is 4.07. The largest absolute Gasteiger partial charge is 0.352 e. The fraction of sp³-hybridized carbons (Fsp3) is 0.105.